The second-order valence-corrected chi connectivity index (χ2v) is 5.78. The van der Waals surface area contributed by atoms with Gasteiger partial charge in [0.1, 0.15) is 0 Å². The van der Waals surface area contributed by atoms with Gasteiger partial charge in [-0.15, -0.1) is 6.58 Å². The predicted molar refractivity (Wildman–Crippen MR) is 80.4 cm³/mol. The quantitative estimate of drug-likeness (QED) is 0.600. The number of benzene rings is 1. The highest BCUT2D eigenvalue weighted by Gasteiger charge is 2.40. The van der Waals surface area contributed by atoms with E-state index >= 15 is 0 Å². The van der Waals surface area contributed by atoms with Crippen LogP contribution < -0.4 is 0 Å². The fourth-order valence-electron chi connectivity index (χ4n) is 2.80. The molecule has 120 valence electrons. The minimum absolute atomic E-state index is 0.0630. The van der Waals surface area contributed by atoms with Gasteiger partial charge < -0.3 is 0 Å². The first-order valence-corrected chi connectivity index (χ1v) is 7.45. The van der Waals surface area contributed by atoms with Gasteiger partial charge >= 0.3 is 6.18 Å². The minimum Gasteiger partial charge on any atom is -0.300 e. The summed E-state index contributed by atoms with van der Waals surface area (Å²) in [6.07, 6.45) is -1.47. The van der Waals surface area contributed by atoms with Crippen molar-refractivity contribution in [2.24, 2.45) is 0 Å². The van der Waals surface area contributed by atoms with E-state index in [1.54, 1.807) is 6.07 Å². The summed E-state index contributed by atoms with van der Waals surface area (Å²) in [5, 5.41) is -0.0630. The van der Waals surface area contributed by atoms with Crippen molar-refractivity contribution in [2.45, 2.75) is 24.9 Å². The molecule has 0 aromatic heterocycles. The molecule has 22 heavy (non-hydrogen) atoms. The molecule has 1 aliphatic heterocycles. The summed E-state index contributed by atoms with van der Waals surface area (Å²) < 4.78 is 37.8. The molecule has 6 heteroatoms. The Hall–Kier alpha value is -1.33. The summed E-state index contributed by atoms with van der Waals surface area (Å²) in [4.78, 5) is 13.7. The van der Waals surface area contributed by atoms with Crippen molar-refractivity contribution >= 4 is 17.4 Å². The molecule has 0 radical (unpaired) electrons. The van der Waals surface area contributed by atoms with Crippen molar-refractivity contribution in [3.63, 3.8) is 0 Å². The van der Waals surface area contributed by atoms with Crippen molar-refractivity contribution in [3.05, 3.63) is 47.0 Å². The number of Topliss-reactive ketones (excluding diaryl/α,β-unsaturated/α-hetero) is 1. The lowest BCUT2D eigenvalue weighted by molar-refractivity contribution is -0.0885. The summed E-state index contributed by atoms with van der Waals surface area (Å²) in [6.45, 7) is 6.17. The molecule has 0 aliphatic carbocycles. The highest BCUT2D eigenvalue weighted by Crippen LogP contribution is 2.36. The Balaban J connectivity index is 2.20. The van der Waals surface area contributed by atoms with Crippen LogP contribution in [0.25, 0.3) is 0 Å². The molecule has 0 atom stereocenters. The van der Waals surface area contributed by atoms with E-state index in [1.807, 2.05) is 6.08 Å². The second kappa shape index (κ2) is 6.84. The lowest BCUT2D eigenvalue weighted by Gasteiger charge is -2.32. The van der Waals surface area contributed by atoms with E-state index in [4.69, 9.17) is 11.6 Å². The van der Waals surface area contributed by atoms with Crippen LogP contribution in [0.15, 0.2) is 30.9 Å². The van der Waals surface area contributed by atoms with Crippen LogP contribution in [0.2, 0.25) is 5.02 Å². The molecule has 1 aromatic carbocycles. The lowest BCUT2D eigenvalue weighted by Crippen LogP contribution is -2.33. The summed E-state index contributed by atoms with van der Waals surface area (Å²) in [6, 6.07) is 4.31. The Morgan fingerprint density at radius 3 is 2.55 bits per heavy atom. The molecule has 1 saturated heterocycles. The first kappa shape index (κ1) is 17.0. The molecule has 1 aromatic rings. The summed E-state index contributed by atoms with van der Waals surface area (Å²) in [5.41, 5.74) is 0.176. The number of piperidine rings is 1. The number of nitrogens with zero attached hydrogens (tertiary/aromatic N) is 1. The van der Waals surface area contributed by atoms with Gasteiger partial charge in [-0.1, -0.05) is 29.8 Å². The standard InChI is InChI=1S/C16H17ClF3NO/c1-2-8-21-9-6-11(7-10-21)12-4-3-5-13(14(12)17)15(22)16(18,19)20/h2-5,11H,1,6-10H2. The average molecular weight is 332 g/mol. The van der Waals surface area contributed by atoms with Crippen molar-refractivity contribution in [3.8, 4) is 0 Å². The topological polar surface area (TPSA) is 20.3 Å². The van der Waals surface area contributed by atoms with Crippen LogP contribution in [0.1, 0.15) is 34.7 Å². The summed E-state index contributed by atoms with van der Waals surface area (Å²) >= 11 is 6.09. The third-order valence-electron chi connectivity index (χ3n) is 3.95. The first-order valence-electron chi connectivity index (χ1n) is 7.07. The molecule has 1 heterocycles. The molecule has 1 aliphatic rings. The fourth-order valence-corrected chi connectivity index (χ4v) is 3.17. The van der Waals surface area contributed by atoms with E-state index in [2.05, 4.69) is 11.5 Å². The van der Waals surface area contributed by atoms with Crippen molar-refractivity contribution in [1.29, 1.82) is 0 Å². The number of hydrogen-bond acceptors (Lipinski definition) is 2. The number of likely N-dealkylation sites (tertiary alicyclic amines) is 1. The number of carbonyl (C=O) groups is 1. The van der Waals surface area contributed by atoms with E-state index in [0.29, 0.717) is 5.56 Å². The van der Waals surface area contributed by atoms with E-state index in [-0.39, 0.29) is 10.9 Å². The van der Waals surface area contributed by atoms with E-state index < -0.39 is 17.5 Å². The Kier molecular flexibility index (Phi) is 5.29. The van der Waals surface area contributed by atoms with Crippen LogP contribution in [-0.4, -0.2) is 36.5 Å². The number of alkyl halides is 3. The molecule has 0 unspecified atom stereocenters. The monoisotopic (exact) mass is 331 g/mol. The Bertz CT molecular complexity index is 563. The summed E-state index contributed by atoms with van der Waals surface area (Å²) in [7, 11) is 0. The minimum atomic E-state index is -4.91. The number of ketones is 1. The van der Waals surface area contributed by atoms with Crippen molar-refractivity contribution in [1.82, 2.24) is 4.90 Å². The van der Waals surface area contributed by atoms with Gasteiger partial charge in [0.2, 0.25) is 0 Å². The van der Waals surface area contributed by atoms with Crippen LogP contribution in [0, 0.1) is 0 Å². The number of halogens is 4. The van der Waals surface area contributed by atoms with Crippen LogP contribution in [0.5, 0.6) is 0 Å². The largest absolute Gasteiger partial charge is 0.454 e. The van der Waals surface area contributed by atoms with E-state index in [0.717, 1.165) is 38.5 Å². The van der Waals surface area contributed by atoms with Crippen LogP contribution in [0.4, 0.5) is 13.2 Å². The first-order chi connectivity index (χ1) is 10.3. The van der Waals surface area contributed by atoms with Gasteiger partial charge in [-0.05, 0) is 43.5 Å². The van der Waals surface area contributed by atoms with Gasteiger partial charge in [-0.25, -0.2) is 0 Å². The highest BCUT2D eigenvalue weighted by atomic mass is 35.5. The molecule has 0 saturated carbocycles. The van der Waals surface area contributed by atoms with E-state index in [9.17, 15) is 18.0 Å². The molecular weight excluding hydrogens is 315 g/mol. The maximum absolute atomic E-state index is 12.6. The Morgan fingerprint density at radius 1 is 1.36 bits per heavy atom. The molecule has 2 nitrogen and oxygen atoms in total. The predicted octanol–water partition coefficient (Wildman–Crippen LogP) is 4.45. The fraction of sp³-hybridized carbons (Fsp3) is 0.438. The molecular formula is C16H17ClF3NO. The second-order valence-electron chi connectivity index (χ2n) is 5.40. The van der Waals surface area contributed by atoms with Gasteiger partial charge in [0, 0.05) is 12.1 Å². The van der Waals surface area contributed by atoms with Gasteiger partial charge in [-0.3, -0.25) is 9.69 Å². The zero-order valence-electron chi connectivity index (χ0n) is 12.0. The molecule has 0 amide bonds. The molecule has 1 fully saturated rings. The lowest BCUT2D eigenvalue weighted by atomic mass is 9.88. The number of hydrogen-bond donors (Lipinski definition) is 0. The van der Waals surface area contributed by atoms with Gasteiger partial charge in [0.05, 0.1) is 5.02 Å². The normalized spacial score (nSPS) is 17.5. The van der Waals surface area contributed by atoms with Gasteiger partial charge in [0.25, 0.3) is 5.78 Å². The third-order valence-corrected chi connectivity index (χ3v) is 4.37. The zero-order chi connectivity index (χ0) is 16.3. The Morgan fingerprint density at radius 2 is 2.00 bits per heavy atom. The summed E-state index contributed by atoms with van der Waals surface area (Å²) in [5.74, 6) is -1.81. The van der Waals surface area contributed by atoms with Crippen LogP contribution in [0.3, 0.4) is 0 Å². The van der Waals surface area contributed by atoms with E-state index in [1.165, 1.54) is 6.07 Å². The maximum atomic E-state index is 12.6. The van der Waals surface area contributed by atoms with Crippen LogP contribution >= 0.6 is 11.6 Å². The highest BCUT2D eigenvalue weighted by molar-refractivity contribution is 6.35. The van der Waals surface area contributed by atoms with Crippen molar-refractivity contribution in [2.75, 3.05) is 19.6 Å². The smallest absolute Gasteiger partial charge is 0.300 e. The molecule has 0 bridgehead atoms. The SMILES string of the molecule is C=CCN1CCC(c2cccc(C(=O)C(F)(F)F)c2Cl)CC1. The molecule has 0 spiro atoms. The van der Waals surface area contributed by atoms with Crippen molar-refractivity contribution < 1.29 is 18.0 Å². The number of rotatable bonds is 4. The Labute approximate surface area is 132 Å². The zero-order valence-corrected chi connectivity index (χ0v) is 12.8. The average Bonchev–Trinajstić information content (AvgIpc) is 2.47. The van der Waals surface area contributed by atoms with Gasteiger partial charge in [0.15, 0.2) is 0 Å². The molecule has 2 rings (SSSR count). The van der Waals surface area contributed by atoms with Gasteiger partial charge in [-0.2, -0.15) is 13.2 Å². The number of carbonyl (C=O) groups excluding carboxylic acids is 1. The maximum Gasteiger partial charge on any atom is 0.454 e. The van der Waals surface area contributed by atoms with Crippen LogP contribution in [-0.2, 0) is 0 Å². The molecule has 0 N–H and O–H groups in total. The third kappa shape index (κ3) is 3.70.